The fraction of sp³-hybridized carbons (Fsp3) is 0.833. The highest BCUT2D eigenvalue weighted by Gasteiger charge is 2.36. The van der Waals surface area contributed by atoms with E-state index in [0.29, 0.717) is 22.5 Å². The second kappa shape index (κ2) is 4.98. The normalized spacial score (nSPS) is 24.7. The molecule has 1 N–H and O–H groups in total. The van der Waals surface area contributed by atoms with Gasteiger partial charge in [0.15, 0.2) is 0 Å². The van der Waals surface area contributed by atoms with Crippen LogP contribution in [0.1, 0.15) is 45.3 Å². The number of aliphatic hydroxyl groups is 1. The lowest BCUT2D eigenvalue weighted by molar-refractivity contribution is 0.295. The molecule has 2 rings (SSSR count). The van der Waals surface area contributed by atoms with Crippen molar-refractivity contribution in [2.75, 3.05) is 6.61 Å². The molecule has 2 atom stereocenters. The lowest BCUT2D eigenvalue weighted by Crippen LogP contribution is -2.34. The third-order valence-corrected chi connectivity index (χ3v) is 4.51. The molecular formula is C12H21N3OS. The molecule has 17 heavy (non-hydrogen) atoms. The van der Waals surface area contributed by atoms with Crippen molar-refractivity contribution in [3.8, 4) is 0 Å². The first kappa shape index (κ1) is 12.9. The van der Waals surface area contributed by atoms with E-state index >= 15 is 0 Å². The quantitative estimate of drug-likeness (QED) is 0.894. The topological polar surface area (TPSA) is 50.9 Å². The van der Waals surface area contributed by atoms with Crippen LogP contribution in [0.3, 0.4) is 0 Å². The van der Waals surface area contributed by atoms with Crippen molar-refractivity contribution < 1.29 is 5.11 Å². The summed E-state index contributed by atoms with van der Waals surface area (Å²) in [4.78, 5) is 0. The van der Waals surface area contributed by atoms with Crippen LogP contribution in [0.15, 0.2) is 6.20 Å². The van der Waals surface area contributed by atoms with Crippen LogP contribution < -0.4 is 0 Å². The first-order valence-corrected chi connectivity index (χ1v) is 7.07. The second-order valence-electron chi connectivity index (χ2n) is 5.58. The van der Waals surface area contributed by atoms with Crippen molar-refractivity contribution in [3.05, 3.63) is 11.9 Å². The van der Waals surface area contributed by atoms with Crippen molar-refractivity contribution >= 4 is 11.8 Å². The van der Waals surface area contributed by atoms with Gasteiger partial charge in [-0.15, -0.1) is 5.10 Å². The van der Waals surface area contributed by atoms with Crippen LogP contribution in [0.25, 0.3) is 0 Å². The summed E-state index contributed by atoms with van der Waals surface area (Å²) in [6.07, 6.45) is 5.04. The molecule has 1 aliphatic rings. The van der Waals surface area contributed by atoms with Gasteiger partial charge in [0, 0.05) is 29.2 Å². The van der Waals surface area contributed by atoms with Gasteiger partial charge in [0.05, 0.1) is 11.7 Å². The lowest BCUT2D eigenvalue weighted by atomic mass is 9.92. The van der Waals surface area contributed by atoms with Gasteiger partial charge in [-0.05, 0) is 12.8 Å². The number of aromatic nitrogens is 3. The van der Waals surface area contributed by atoms with E-state index in [4.69, 9.17) is 5.11 Å². The zero-order valence-corrected chi connectivity index (χ0v) is 11.6. The Balaban J connectivity index is 1.97. The molecular weight excluding hydrogens is 234 g/mol. The summed E-state index contributed by atoms with van der Waals surface area (Å²) in [6.45, 7) is 6.91. The zero-order chi connectivity index (χ0) is 12.5. The maximum absolute atomic E-state index is 8.86. The minimum atomic E-state index is 0.142. The number of thioether (sulfide) groups is 1. The predicted octanol–water partition coefficient (Wildman–Crippen LogP) is 2.05. The standard InChI is InChI=1S/C12H21N3OS/c1-12(2,3)17-11-5-4-10(11)15-8-9(6-7-16)13-14-15/h8,10-11,16H,4-7H2,1-3H3. The lowest BCUT2D eigenvalue weighted by Gasteiger charge is -2.39. The van der Waals surface area contributed by atoms with Crippen LogP contribution in [0, 0.1) is 0 Å². The third kappa shape index (κ3) is 3.22. The molecule has 1 fully saturated rings. The Morgan fingerprint density at radius 3 is 2.76 bits per heavy atom. The minimum absolute atomic E-state index is 0.142. The molecule has 1 aromatic rings. The van der Waals surface area contributed by atoms with Crippen LogP contribution in [-0.2, 0) is 6.42 Å². The summed E-state index contributed by atoms with van der Waals surface area (Å²) in [5.74, 6) is 0. The van der Waals surface area contributed by atoms with Gasteiger partial charge < -0.3 is 5.11 Å². The van der Waals surface area contributed by atoms with Crippen LogP contribution in [0.5, 0.6) is 0 Å². The van der Waals surface area contributed by atoms with E-state index in [9.17, 15) is 0 Å². The average molecular weight is 255 g/mol. The predicted molar refractivity (Wildman–Crippen MR) is 70.2 cm³/mol. The summed E-state index contributed by atoms with van der Waals surface area (Å²) >= 11 is 2.03. The molecule has 2 unspecified atom stereocenters. The van der Waals surface area contributed by atoms with Gasteiger partial charge >= 0.3 is 0 Å². The zero-order valence-electron chi connectivity index (χ0n) is 10.8. The van der Waals surface area contributed by atoms with E-state index in [1.807, 2.05) is 22.6 Å². The second-order valence-corrected chi connectivity index (χ2v) is 7.64. The van der Waals surface area contributed by atoms with E-state index in [0.717, 1.165) is 5.69 Å². The molecule has 0 radical (unpaired) electrons. The van der Waals surface area contributed by atoms with Crippen LogP contribution >= 0.6 is 11.8 Å². The summed E-state index contributed by atoms with van der Waals surface area (Å²) in [5.41, 5.74) is 0.888. The molecule has 0 aromatic carbocycles. The average Bonchev–Trinajstić information content (AvgIpc) is 2.61. The summed E-state index contributed by atoms with van der Waals surface area (Å²) < 4.78 is 2.29. The van der Waals surface area contributed by atoms with E-state index in [1.54, 1.807) is 0 Å². The number of hydrogen-bond donors (Lipinski definition) is 1. The third-order valence-electron chi connectivity index (χ3n) is 2.95. The molecule has 0 amide bonds. The Morgan fingerprint density at radius 2 is 2.24 bits per heavy atom. The highest BCUT2D eigenvalue weighted by molar-refractivity contribution is 8.01. The molecule has 1 heterocycles. The first-order chi connectivity index (χ1) is 7.99. The Bertz CT molecular complexity index is 372. The monoisotopic (exact) mass is 255 g/mol. The molecule has 5 heteroatoms. The summed E-state index contributed by atoms with van der Waals surface area (Å²) in [7, 11) is 0. The Kier molecular flexibility index (Phi) is 3.78. The fourth-order valence-corrected chi connectivity index (χ4v) is 3.63. The number of aliphatic hydroxyl groups excluding tert-OH is 1. The van der Waals surface area contributed by atoms with Gasteiger partial charge in [-0.1, -0.05) is 26.0 Å². The van der Waals surface area contributed by atoms with Gasteiger partial charge in [-0.3, -0.25) is 0 Å². The molecule has 96 valence electrons. The van der Waals surface area contributed by atoms with Gasteiger partial charge in [0.25, 0.3) is 0 Å². The van der Waals surface area contributed by atoms with Gasteiger partial charge in [-0.25, -0.2) is 4.68 Å². The molecule has 0 spiro atoms. The first-order valence-electron chi connectivity index (χ1n) is 6.19. The van der Waals surface area contributed by atoms with Gasteiger partial charge in [-0.2, -0.15) is 11.8 Å². The van der Waals surface area contributed by atoms with Crippen molar-refractivity contribution in [2.45, 2.75) is 56.1 Å². The highest BCUT2D eigenvalue weighted by atomic mass is 32.2. The van der Waals surface area contributed by atoms with Crippen molar-refractivity contribution in [1.29, 1.82) is 0 Å². The molecule has 0 bridgehead atoms. The smallest absolute Gasteiger partial charge is 0.0850 e. The molecule has 0 aliphatic heterocycles. The molecule has 1 aliphatic carbocycles. The Labute approximate surface area is 107 Å². The van der Waals surface area contributed by atoms with E-state index in [1.165, 1.54) is 12.8 Å². The van der Waals surface area contributed by atoms with Crippen molar-refractivity contribution in [3.63, 3.8) is 0 Å². The summed E-state index contributed by atoms with van der Waals surface area (Å²) in [6, 6.07) is 0.485. The minimum Gasteiger partial charge on any atom is -0.396 e. The number of nitrogens with zero attached hydrogens (tertiary/aromatic N) is 3. The van der Waals surface area contributed by atoms with Crippen LogP contribution in [0.2, 0.25) is 0 Å². The Hall–Kier alpha value is -0.550. The maximum atomic E-state index is 8.86. The number of rotatable bonds is 4. The van der Waals surface area contributed by atoms with E-state index in [2.05, 4.69) is 31.1 Å². The van der Waals surface area contributed by atoms with Crippen molar-refractivity contribution in [2.24, 2.45) is 0 Å². The van der Waals surface area contributed by atoms with Gasteiger partial charge in [0.2, 0.25) is 0 Å². The van der Waals surface area contributed by atoms with E-state index in [-0.39, 0.29) is 6.61 Å². The summed E-state index contributed by atoms with van der Waals surface area (Å²) in [5, 5.41) is 17.8. The molecule has 0 saturated heterocycles. The Morgan fingerprint density at radius 1 is 1.47 bits per heavy atom. The molecule has 1 saturated carbocycles. The number of hydrogen-bond acceptors (Lipinski definition) is 4. The SMILES string of the molecule is CC(C)(C)SC1CCC1n1cc(CCO)nn1. The van der Waals surface area contributed by atoms with Crippen LogP contribution in [0.4, 0.5) is 0 Å². The van der Waals surface area contributed by atoms with E-state index < -0.39 is 0 Å². The van der Waals surface area contributed by atoms with Gasteiger partial charge in [0.1, 0.15) is 0 Å². The van der Waals surface area contributed by atoms with Crippen molar-refractivity contribution in [1.82, 2.24) is 15.0 Å². The highest BCUT2D eigenvalue weighted by Crippen LogP contribution is 2.45. The largest absolute Gasteiger partial charge is 0.396 e. The van der Waals surface area contributed by atoms with Crippen LogP contribution in [-0.4, -0.2) is 36.7 Å². The fourth-order valence-electron chi connectivity index (χ4n) is 2.05. The maximum Gasteiger partial charge on any atom is 0.0850 e. The molecule has 1 aromatic heterocycles. The molecule has 4 nitrogen and oxygen atoms in total.